The molecule has 4 aromatic carbocycles. The fourth-order valence-corrected chi connectivity index (χ4v) is 4.14. The molecule has 0 fully saturated rings. The van der Waals surface area contributed by atoms with Gasteiger partial charge in [0.05, 0.1) is 12.8 Å². The molecular formula is C30H26O3. The highest BCUT2D eigenvalue weighted by Gasteiger charge is 2.24. The minimum Gasteiger partial charge on any atom is -0.393 e. The summed E-state index contributed by atoms with van der Waals surface area (Å²) in [7, 11) is 0. The van der Waals surface area contributed by atoms with E-state index in [1.165, 1.54) is 0 Å². The molecule has 0 bridgehead atoms. The average Bonchev–Trinajstić information content (AvgIpc) is 2.88. The molecule has 0 aliphatic rings. The predicted octanol–water partition coefficient (Wildman–Crippen LogP) is 6.50. The van der Waals surface area contributed by atoms with Crippen LogP contribution in [0.1, 0.15) is 46.9 Å². The third-order valence-electron chi connectivity index (χ3n) is 5.78. The van der Waals surface area contributed by atoms with Crippen LogP contribution in [0.2, 0.25) is 0 Å². The maximum atomic E-state index is 12.8. The molecule has 0 spiro atoms. The summed E-state index contributed by atoms with van der Waals surface area (Å²) in [6, 6.07) is 39.3. The van der Waals surface area contributed by atoms with Crippen molar-refractivity contribution in [1.29, 1.82) is 0 Å². The van der Waals surface area contributed by atoms with Crippen molar-refractivity contribution in [1.82, 2.24) is 0 Å². The van der Waals surface area contributed by atoms with Gasteiger partial charge in [0.2, 0.25) is 0 Å². The highest BCUT2D eigenvalue weighted by atomic mass is 16.6. The fourth-order valence-electron chi connectivity index (χ4n) is 4.14. The number of carbonyl (C=O) groups excluding carboxylic acids is 2. The molecule has 3 heteroatoms. The maximum absolute atomic E-state index is 12.8. The predicted molar refractivity (Wildman–Crippen MR) is 130 cm³/mol. The molecule has 0 saturated heterocycles. The van der Waals surface area contributed by atoms with Gasteiger partial charge in [-0.2, -0.15) is 0 Å². The van der Waals surface area contributed by atoms with Crippen molar-refractivity contribution in [2.45, 2.75) is 24.7 Å². The van der Waals surface area contributed by atoms with E-state index < -0.39 is 11.9 Å². The van der Waals surface area contributed by atoms with Crippen LogP contribution in [-0.4, -0.2) is 11.9 Å². The number of rotatable bonds is 8. The molecule has 0 aliphatic carbocycles. The van der Waals surface area contributed by atoms with Crippen molar-refractivity contribution >= 4 is 11.9 Å². The standard InChI is InChI=1S/C30H26O3/c31-29(21-27(23-13-5-1-6-14-23)24-15-7-2-8-16-24)33-30(32)22-28(25-17-9-3-10-18-25)26-19-11-4-12-20-26/h1-20,27-28H,21-22H2. The quantitative estimate of drug-likeness (QED) is 0.235. The first-order chi connectivity index (χ1) is 16.2. The van der Waals surface area contributed by atoms with Gasteiger partial charge in [-0.1, -0.05) is 121 Å². The van der Waals surface area contributed by atoms with Gasteiger partial charge in [0.15, 0.2) is 0 Å². The van der Waals surface area contributed by atoms with Gasteiger partial charge in [0.25, 0.3) is 0 Å². The maximum Gasteiger partial charge on any atom is 0.314 e. The Hall–Kier alpha value is -3.98. The summed E-state index contributed by atoms with van der Waals surface area (Å²) in [5.74, 6) is -1.38. The molecule has 0 saturated carbocycles. The topological polar surface area (TPSA) is 43.4 Å². The second-order valence-electron chi connectivity index (χ2n) is 8.00. The number of hydrogen-bond acceptors (Lipinski definition) is 3. The Balaban J connectivity index is 1.48. The molecule has 0 atom stereocenters. The number of hydrogen-bond donors (Lipinski definition) is 0. The zero-order valence-corrected chi connectivity index (χ0v) is 18.3. The number of esters is 2. The van der Waals surface area contributed by atoms with E-state index in [0.717, 1.165) is 22.3 Å². The van der Waals surface area contributed by atoms with E-state index >= 15 is 0 Å². The van der Waals surface area contributed by atoms with Crippen molar-refractivity contribution in [3.63, 3.8) is 0 Å². The third-order valence-corrected chi connectivity index (χ3v) is 5.78. The Morgan fingerprint density at radius 1 is 0.455 bits per heavy atom. The molecule has 0 amide bonds. The van der Waals surface area contributed by atoms with Gasteiger partial charge in [0.1, 0.15) is 0 Å². The number of benzene rings is 4. The lowest BCUT2D eigenvalue weighted by Crippen LogP contribution is -2.18. The van der Waals surface area contributed by atoms with E-state index in [9.17, 15) is 9.59 Å². The minimum absolute atomic E-state index is 0.0983. The van der Waals surface area contributed by atoms with Crippen LogP contribution in [0.15, 0.2) is 121 Å². The molecule has 0 unspecified atom stereocenters. The molecule has 3 nitrogen and oxygen atoms in total. The van der Waals surface area contributed by atoms with E-state index in [0.29, 0.717) is 0 Å². The summed E-state index contributed by atoms with van der Waals surface area (Å²) in [5.41, 5.74) is 4.05. The molecule has 4 rings (SSSR count). The van der Waals surface area contributed by atoms with E-state index in [-0.39, 0.29) is 24.7 Å². The van der Waals surface area contributed by atoms with Crippen LogP contribution in [0.4, 0.5) is 0 Å². The largest absolute Gasteiger partial charge is 0.393 e. The second kappa shape index (κ2) is 11.1. The zero-order valence-electron chi connectivity index (χ0n) is 18.3. The van der Waals surface area contributed by atoms with Gasteiger partial charge >= 0.3 is 11.9 Å². The van der Waals surface area contributed by atoms with Crippen molar-refractivity contribution < 1.29 is 14.3 Å². The van der Waals surface area contributed by atoms with Crippen molar-refractivity contribution in [2.24, 2.45) is 0 Å². The molecule has 0 radical (unpaired) electrons. The van der Waals surface area contributed by atoms with Crippen LogP contribution in [0, 0.1) is 0 Å². The molecule has 0 N–H and O–H groups in total. The average molecular weight is 435 g/mol. The van der Waals surface area contributed by atoms with Gasteiger partial charge in [-0.3, -0.25) is 9.59 Å². The molecular weight excluding hydrogens is 408 g/mol. The van der Waals surface area contributed by atoms with E-state index in [4.69, 9.17) is 4.74 Å². The Kier molecular flexibility index (Phi) is 7.44. The van der Waals surface area contributed by atoms with E-state index in [1.54, 1.807) is 0 Å². The van der Waals surface area contributed by atoms with Crippen LogP contribution >= 0.6 is 0 Å². The second-order valence-corrected chi connectivity index (χ2v) is 8.00. The first-order valence-electron chi connectivity index (χ1n) is 11.1. The van der Waals surface area contributed by atoms with Crippen LogP contribution in [0.25, 0.3) is 0 Å². The first kappa shape index (κ1) is 22.2. The normalized spacial score (nSPS) is 10.8. The Bertz CT molecular complexity index is 982. The zero-order chi connectivity index (χ0) is 22.9. The summed E-state index contributed by atoms with van der Waals surface area (Å²) in [6.07, 6.45) is 0.197. The fraction of sp³-hybridized carbons (Fsp3) is 0.133. The lowest BCUT2D eigenvalue weighted by Gasteiger charge is -2.19. The highest BCUT2D eigenvalue weighted by molar-refractivity contribution is 5.86. The summed E-state index contributed by atoms with van der Waals surface area (Å²) < 4.78 is 5.32. The summed E-state index contributed by atoms with van der Waals surface area (Å²) in [6.45, 7) is 0. The number of carbonyl (C=O) groups is 2. The highest BCUT2D eigenvalue weighted by Crippen LogP contribution is 2.30. The summed E-state index contributed by atoms with van der Waals surface area (Å²) in [5, 5.41) is 0. The van der Waals surface area contributed by atoms with Gasteiger partial charge in [-0.05, 0) is 22.3 Å². The smallest absolute Gasteiger partial charge is 0.314 e. The monoisotopic (exact) mass is 434 g/mol. The Morgan fingerprint density at radius 2 is 0.697 bits per heavy atom. The minimum atomic E-state index is -0.516. The Labute approximate surface area is 194 Å². The van der Waals surface area contributed by atoms with Crippen molar-refractivity contribution in [3.8, 4) is 0 Å². The summed E-state index contributed by atoms with van der Waals surface area (Å²) in [4.78, 5) is 25.6. The molecule has 164 valence electrons. The molecule has 33 heavy (non-hydrogen) atoms. The summed E-state index contributed by atoms with van der Waals surface area (Å²) >= 11 is 0. The van der Waals surface area contributed by atoms with E-state index in [2.05, 4.69) is 0 Å². The number of ether oxygens (including phenoxy) is 1. The third kappa shape index (κ3) is 6.05. The van der Waals surface area contributed by atoms with Gasteiger partial charge in [-0.25, -0.2) is 0 Å². The van der Waals surface area contributed by atoms with E-state index in [1.807, 2.05) is 121 Å². The van der Waals surface area contributed by atoms with Gasteiger partial charge in [-0.15, -0.1) is 0 Å². The first-order valence-corrected chi connectivity index (χ1v) is 11.1. The SMILES string of the molecule is O=C(CC(c1ccccc1)c1ccccc1)OC(=O)CC(c1ccccc1)c1ccccc1. The van der Waals surface area contributed by atoms with Crippen LogP contribution in [0.5, 0.6) is 0 Å². The van der Waals surface area contributed by atoms with Crippen molar-refractivity contribution in [3.05, 3.63) is 144 Å². The Morgan fingerprint density at radius 3 is 0.939 bits per heavy atom. The molecule has 0 aliphatic heterocycles. The lowest BCUT2D eigenvalue weighted by atomic mass is 9.88. The van der Waals surface area contributed by atoms with Crippen molar-refractivity contribution in [2.75, 3.05) is 0 Å². The molecule has 0 aromatic heterocycles. The molecule has 4 aromatic rings. The van der Waals surface area contributed by atoms with Crippen LogP contribution in [-0.2, 0) is 14.3 Å². The van der Waals surface area contributed by atoms with Gasteiger partial charge < -0.3 is 4.74 Å². The lowest BCUT2D eigenvalue weighted by molar-refractivity contribution is -0.159. The van der Waals surface area contributed by atoms with Crippen LogP contribution in [0.3, 0.4) is 0 Å². The molecule has 0 heterocycles. The van der Waals surface area contributed by atoms with Crippen LogP contribution < -0.4 is 0 Å². The van der Waals surface area contributed by atoms with Gasteiger partial charge in [0, 0.05) is 11.8 Å².